The van der Waals surface area contributed by atoms with Gasteiger partial charge in [0.05, 0.1) is 46.5 Å². The smallest absolute Gasteiger partial charge is 0.160 e. The maximum atomic E-state index is 15.9. The predicted molar refractivity (Wildman–Crippen MR) is 310 cm³/mol. The molecule has 1 spiro atoms. The number of aliphatic hydroxyl groups is 5. The molecule has 2 saturated heterocycles. The van der Waals surface area contributed by atoms with Crippen molar-refractivity contribution in [2.45, 2.75) is 231 Å². The molecule has 5 heterocycles. The number of nitrogens with one attached hydrogen (secondary N) is 2. The summed E-state index contributed by atoms with van der Waals surface area (Å²) in [6.07, 6.45) is 15.0. The van der Waals surface area contributed by atoms with Gasteiger partial charge in [-0.05, 0) is 184 Å². The maximum absolute atomic E-state index is 15.9. The first-order valence-corrected chi connectivity index (χ1v) is 31.9. The molecule has 15 atom stereocenters. The molecule has 2 aromatic heterocycles. The molecule has 81 heavy (non-hydrogen) atoms. The second-order valence-corrected chi connectivity index (χ2v) is 30.2. The molecule has 7 fully saturated rings. The summed E-state index contributed by atoms with van der Waals surface area (Å²) < 4.78 is 14.3. The Morgan fingerprint density at radius 1 is 0.901 bits per heavy atom. The molecule has 15 unspecified atom stereocenters. The average molecular weight is 1110 g/mol. The van der Waals surface area contributed by atoms with Crippen molar-refractivity contribution in [3.8, 4) is 0 Å². The number of carbonyl (C=O) groups excluding carboxylic acids is 3. The van der Waals surface area contributed by atoms with Gasteiger partial charge in [0.15, 0.2) is 5.78 Å². The highest BCUT2D eigenvalue weighted by Gasteiger charge is 2.77. The lowest BCUT2D eigenvalue weighted by molar-refractivity contribution is -0.262. The zero-order chi connectivity index (χ0) is 57.2. The van der Waals surface area contributed by atoms with E-state index in [1.807, 2.05) is 20.9 Å². The van der Waals surface area contributed by atoms with E-state index in [9.17, 15) is 25.5 Å². The second-order valence-electron chi connectivity index (χ2n) is 30.2. The van der Waals surface area contributed by atoms with E-state index in [0.717, 1.165) is 88.5 Å². The molecule has 7 N–H and O–H groups in total. The summed E-state index contributed by atoms with van der Waals surface area (Å²) in [7, 11) is 1.95. The van der Waals surface area contributed by atoms with E-state index in [4.69, 9.17) is 9.47 Å². The molecule has 3 aromatic rings. The van der Waals surface area contributed by atoms with Crippen molar-refractivity contribution in [1.82, 2.24) is 14.9 Å². The van der Waals surface area contributed by atoms with Crippen LogP contribution in [0.25, 0.3) is 11.0 Å². The molecule has 3 aliphatic heterocycles. The van der Waals surface area contributed by atoms with Crippen molar-refractivity contribution in [3.05, 3.63) is 69.1 Å². The number of aromatic amines is 1. The number of aliphatic hydroxyl groups excluding tert-OH is 4. The highest BCUT2D eigenvalue weighted by molar-refractivity contribution is 6.02. The molecule has 5 saturated carbocycles. The first kappa shape index (κ1) is 56.6. The number of rotatable bonds is 11. The Morgan fingerprint density at radius 3 is 2.32 bits per heavy atom. The molecule has 13 rings (SSSR count). The third kappa shape index (κ3) is 8.12. The van der Waals surface area contributed by atoms with Crippen molar-refractivity contribution in [3.63, 3.8) is 0 Å². The normalized spacial score (nSPS) is 41.3. The van der Waals surface area contributed by atoms with Gasteiger partial charge in [-0.25, -0.2) is 0 Å². The van der Waals surface area contributed by atoms with Crippen LogP contribution in [0, 0.1) is 56.2 Å². The van der Waals surface area contributed by atoms with Gasteiger partial charge in [0.1, 0.15) is 17.7 Å². The van der Waals surface area contributed by atoms with Crippen LogP contribution >= 0.6 is 0 Å². The zero-order valence-corrected chi connectivity index (χ0v) is 50.0. The Balaban J connectivity index is 1.03. The zero-order valence-electron chi connectivity index (χ0n) is 50.0. The maximum Gasteiger partial charge on any atom is 0.160 e. The number of epoxide rings is 1. The first-order chi connectivity index (χ1) is 38.4. The lowest BCUT2D eigenvalue weighted by Gasteiger charge is -2.74. The number of H-pyrrole nitrogens is 1. The third-order valence-corrected chi connectivity index (χ3v) is 25.8. The fraction of sp³-hybridized carbons (Fsp3) is 0.750. The van der Waals surface area contributed by atoms with Gasteiger partial charge in [0.25, 0.3) is 0 Å². The largest absolute Gasteiger partial charge is 0.396 e. The molecule has 0 amide bonds. The summed E-state index contributed by atoms with van der Waals surface area (Å²) in [4.78, 5) is 50.5. The van der Waals surface area contributed by atoms with Gasteiger partial charge in [0, 0.05) is 98.2 Å². The van der Waals surface area contributed by atoms with E-state index < -0.39 is 79.8 Å². The Hall–Kier alpha value is -3.53. The van der Waals surface area contributed by atoms with Crippen LogP contribution in [0.3, 0.4) is 0 Å². The minimum atomic E-state index is -1.12. The third-order valence-electron chi connectivity index (χ3n) is 25.8. The molecule has 442 valence electrons. The fourth-order valence-electron chi connectivity index (χ4n) is 21.4. The summed E-state index contributed by atoms with van der Waals surface area (Å²) in [5.74, 6) is -1.42. The van der Waals surface area contributed by atoms with E-state index in [-0.39, 0.29) is 41.9 Å². The van der Waals surface area contributed by atoms with Crippen LogP contribution in [0.15, 0.2) is 35.7 Å². The number of aromatic nitrogens is 2. The van der Waals surface area contributed by atoms with Crippen LogP contribution in [0.1, 0.15) is 209 Å². The number of ketones is 3. The topological polar surface area (TPSA) is 207 Å². The average Bonchev–Trinajstić information content (AvgIpc) is 2.43. The number of hydrogen-bond donors (Lipinski definition) is 7. The number of hydrogen-bond acceptors (Lipinski definition) is 11. The number of ether oxygens (including phenoxy) is 2. The molecular formula is C68H95N3O10. The minimum absolute atomic E-state index is 0.0689. The van der Waals surface area contributed by atoms with Crippen molar-refractivity contribution < 1.29 is 49.4 Å². The van der Waals surface area contributed by atoms with Gasteiger partial charge in [0.2, 0.25) is 0 Å². The number of fused-ring (bicyclic) bond motifs is 6. The van der Waals surface area contributed by atoms with Crippen LogP contribution in [0.4, 0.5) is 0 Å². The Bertz CT molecular complexity index is 3070. The van der Waals surface area contributed by atoms with Gasteiger partial charge < -0.3 is 49.9 Å². The van der Waals surface area contributed by atoms with Gasteiger partial charge in [-0.2, -0.15) is 0 Å². The van der Waals surface area contributed by atoms with Crippen molar-refractivity contribution in [2.75, 3.05) is 33.4 Å². The fourth-order valence-corrected chi connectivity index (χ4v) is 21.4. The van der Waals surface area contributed by atoms with Crippen molar-refractivity contribution in [2.24, 2.45) is 56.2 Å². The molecule has 0 radical (unpaired) electrons. The van der Waals surface area contributed by atoms with Crippen LogP contribution in [-0.4, -0.2) is 116 Å². The van der Waals surface area contributed by atoms with Gasteiger partial charge in [-0.3, -0.25) is 14.4 Å². The molecule has 13 heteroatoms. The van der Waals surface area contributed by atoms with Crippen LogP contribution in [0.2, 0.25) is 0 Å². The van der Waals surface area contributed by atoms with Gasteiger partial charge in [-0.1, -0.05) is 66.0 Å². The molecule has 10 aliphatic rings. The van der Waals surface area contributed by atoms with Crippen LogP contribution in [0.5, 0.6) is 0 Å². The molecule has 13 nitrogen and oxygen atoms in total. The highest BCUT2D eigenvalue weighted by Crippen LogP contribution is 2.80. The Kier molecular flexibility index (Phi) is 13.6. The van der Waals surface area contributed by atoms with Crippen molar-refractivity contribution in [1.29, 1.82) is 0 Å². The molecule has 7 aliphatic carbocycles. The van der Waals surface area contributed by atoms with Gasteiger partial charge >= 0.3 is 0 Å². The molecule has 1 aromatic carbocycles. The first-order valence-electron chi connectivity index (χ1n) is 31.9. The summed E-state index contributed by atoms with van der Waals surface area (Å²) in [6.45, 7) is 17.3. The monoisotopic (exact) mass is 1110 g/mol. The second kappa shape index (κ2) is 19.5. The lowest BCUT2D eigenvalue weighted by Crippen LogP contribution is -2.72. The lowest BCUT2D eigenvalue weighted by atomic mass is 9.30. The SMILES string of the molecule is CNCCC1(C)C(=O)CC2(CCC(O)C2)C2(C)C1CCC1(C)C2C(O)C2Cn3cc(C4C(=O)C(CCO)Cc5c4cc(C4CCCCC4)cc5C4(O)CCOCC4)c4[nH]cc(c43)CCC(C)(CC(O)C3OC3(C)C)C3=C2C1(C)CC3=O. The number of aryl methyl sites for hydroxylation is 1. The summed E-state index contributed by atoms with van der Waals surface area (Å²) >= 11 is 0. The van der Waals surface area contributed by atoms with E-state index in [1.165, 1.54) is 12.0 Å². The van der Waals surface area contributed by atoms with Crippen molar-refractivity contribution >= 4 is 28.4 Å². The highest BCUT2D eigenvalue weighted by atomic mass is 16.6. The number of Topliss-reactive ketones (excluding diaryl/α,β-unsaturated/α-hetero) is 3. The molecule has 0 bridgehead atoms. The van der Waals surface area contributed by atoms with Gasteiger partial charge in [-0.15, -0.1) is 0 Å². The summed E-state index contributed by atoms with van der Waals surface area (Å²) in [6, 6.07) is 4.59. The number of allylic oxidation sites excluding steroid dienone is 1. The summed E-state index contributed by atoms with van der Waals surface area (Å²) in [5, 5.41) is 65.3. The number of carbonyl (C=O) groups is 3. The quantitative estimate of drug-likeness (QED) is 0.0900. The minimum Gasteiger partial charge on any atom is -0.396 e. The Morgan fingerprint density at radius 2 is 1.64 bits per heavy atom. The Labute approximate surface area is 480 Å². The van der Waals surface area contributed by atoms with E-state index >= 15 is 14.4 Å². The van der Waals surface area contributed by atoms with Crippen LogP contribution < -0.4 is 5.32 Å². The van der Waals surface area contributed by atoms with Crippen LogP contribution in [-0.2, 0) is 48.8 Å². The van der Waals surface area contributed by atoms with E-state index in [1.54, 1.807) is 0 Å². The standard InChI is InChI=1S/C68H95N3O10/c1-61(2)60(81-61)49(75)32-62(3)18-14-40-35-70-55-45(52-44-29-41(38-12-10-9-11-13-38)30-47(68(79)22-26-80-27-23-68)43(44)28-39(17-25-72)57(52)77)36-71(56(40)55)37-46-53-54(62)48(74)33-65(53,6)64(5)19-16-50-63(4,21-24-69-8)51(76)34-67(20-15-42(73)31-67)66(50,7)59(64)58(46)78/h29-30,35-36,38-39,42,46,49-50,52,58-60,69-70,72-73,75,78-79H,9-28,31-34,37H2,1-8H3. The number of nitrogens with zero attached hydrogens (tertiary/aromatic N) is 1. The summed E-state index contributed by atoms with van der Waals surface area (Å²) in [5.41, 5.74) is 4.08. The van der Waals surface area contributed by atoms with E-state index in [0.29, 0.717) is 116 Å². The molecular weight excluding hydrogens is 1020 g/mol. The number of benzene rings is 1. The van der Waals surface area contributed by atoms with E-state index in [2.05, 4.69) is 74.0 Å². The predicted octanol–water partition coefficient (Wildman–Crippen LogP) is 9.58.